The molecule has 0 aromatic heterocycles. The van der Waals surface area contributed by atoms with Crippen molar-refractivity contribution in [2.75, 3.05) is 6.61 Å². The van der Waals surface area contributed by atoms with Gasteiger partial charge in [-0.25, -0.2) is 0 Å². The van der Waals surface area contributed by atoms with Crippen LogP contribution in [-0.2, 0) is 0 Å². The second kappa shape index (κ2) is 5.76. The Kier molecular flexibility index (Phi) is 4.63. The molecule has 0 amide bonds. The van der Waals surface area contributed by atoms with Gasteiger partial charge in [0.05, 0.1) is 6.10 Å². The molecule has 1 aromatic carbocycles. The third kappa shape index (κ3) is 3.56. The molecule has 0 spiro atoms. The second-order valence-electron chi connectivity index (χ2n) is 3.95. The van der Waals surface area contributed by atoms with Gasteiger partial charge in [-0.1, -0.05) is 25.5 Å². The average molecular weight is 208 g/mol. The maximum Gasteiger partial charge on any atom is 0.122 e. The summed E-state index contributed by atoms with van der Waals surface area (Å²) < 4.78 is 5.58. The van der Waals surface area contributed by atoms with E-state index < -0.39 is 0 Å². The van der Waals surface area contributed by atoms with Gasteiger partial charge in [-0.05, 0) is 37.5 Å². The monoisotopic (exact) mass is 208 g/mol. The summed E-state index contributed by atoms with van der Waals surface area (Å²) in [6.07, 6.45) is 1.43. The molecule has 1 unspecified atom stereocenters. The molecule has 0 radical (unpaired) electrons. The lowest BCUT2D eigenvalue weighted by Gasteiger charge is -2.14. The van der Waals surface area contributed by atoms with Crippen LogP contribution < -0.4 is 4.74 Å². The Hall–Kier alpha value is -1.02. The number of benzene rings is 1. The number of rotatable bonds is 5. The summed E-state index contributed by atoms with van der Waals surface area (Å²) in [4.78, 5) is 0. The molecule has 1 N–H and O–H groups in total. The van der Waals surface area contributed by atoms with E-state index in [2.05, 4.69) is 19.9 Å². The molecule has 0 bridgehead atoms. The van der Waals surface area contributed by atoms with Crippen LogP contribution in [0.25, 0.3) is 0 Å². The molecule has 2 nitrogen and oxygen atoms in total. The third-order valence-electron chi connectivity index (χ3n) is 2.61. The fourth-order valence-electron chi connectivity index (χ4n) is 1.48. The van der Waals surface area contributed by atoms with Gasteiger partial charge in [0.1, 0.15) is 12.4 Å². The molecule has 0 aliphatic rings. The lowest BCUT2D eigenvalue weighted by Crippen LogP contribution is -2.17. The first-order chi connectivity index (χ1) is 7.15. The fraction of sp³-hybridized carbons (Fsp3) is 0.538. The van der Waals surface area contributed by atoms with Crippen molar-refractivity contribution in [2.24, 2.45) is 0 Å². The van der Waals surface area contributed by atoms with Crippen LogP contribution in [-0.4, -0.2) is 17.8 Å². The SMILES string of the molecule is CCCC(O)COc1cccc(C)c1C. The van der Waals surface area contributed by atoms with Gasteiger partial charge in [0, 0.05) is 0 Å². The van der Waals surface area contributed by atoms with Crippen LogP contribution in [0.4, 0.5) is 0 Å². The minimum atomic E-state index is -0.352. The summed E-state index contributed by atoms with van der Waals surface area (Å²) in [6.45, 7) is 6.54. The quantitative estimate of drug-likeness (QED) is 0.806. The van der Waals surface area contributed by atoms with Crippen LogP contribution in [0.3, 0.4) is 0 Å². The predicted molar refractivity (Wildman–Crippen MR) is 62.3 cm³/mol. The summed E-state index contributed by atoms with van der Waals surface area (Å²) in [6, 6.07) is 5.98. The number of aryl methyl sites for hydroxylation is 1. The van der Waals surface area contributed by atoms with Crippen molar-refractivity contribution >= 4 is 0 Å². The van der Waals surface area contributed by atoms with Crippen molar-refractivity contribution in [1.82, 2.24) is 0 Å². The highest BCUT2D eigenvalue weighted by Crippen LogP contribution is 2.20. The molecule has 0 fully saturated rings. The van der Waals surface area contributed by atoms with Crippen LogP contribution in [0.15, 0.2) is 18.2 Å². The van der Waals surface area contributed by atoms with Crippen LogP contribution in [0.2, 0.25) is 0 Å². The first-order valence-electron chi connectivity index (χ1n) is 5.52. The Morgan fingerprint density at radius 3 is 2.73 bits per heavy atom. The second-order valence-corrected chi connectivity index (χ2v) is 3.95. The van der Waals surface area contributed by atoms with Crippen molar-refractivity contribution in [3.63, 3.8) is 0 Å². The van der Waals surface area contributed by atoms with Gasteiger partial charge < -0.3 is 9.84 Å². The summed E-state index contributed by atoms with van der Waals surface area (Å²) in [5.41, 5.74) is 2.37. The highest BCUT2D eigenvalue weighted by molar-refractivity contribution is 5.38. The largest absolute Gasteiger partial charge is 0.491 e. The lowest BCUT2D eigenvalue weighted by molar-refractivity contribution is 0.0990. The zero-order valence-corrected chi connectivity index (χ0v) is 9.79. The lowest BCUT2D eigenvalue weighted by atomic mass is 10.1. The van der Waals surface area contributed by atoms with Crippen LogP contribution in [0.1, 0.15) is 30.9 Å². The Morgan fingerprint density at radius 1 is 1.33 bits per heavy atom. The van der Waals surface area contributed by atoms with Gasteiger partial charge in [0.2, 0.25) is 0 Å². The minimum Gasteiger partial charge on any atom is -0.491 e. The van der Waals surface area contributed by atoms with Gasteiger partial charge in [0.25, 0.3) is 0 Å². The molecule has 0 saturated heterocycles. The predicted octanol–water partition coefficient (Wildman–Crippen LogP) is 2.84. The van der Waals surface area contributed by atoms with E-state index in [0.29, 0.717) is 6.61 Å². The molecule has 1 atom stereocenters. The van der Waals surface area contributed by atoms with E-state index in [1.165, 1.54) is 5.56 Å². The summed E-state index contributed by atoms with van der Waals surface area (Å²) >= 11 is 0. The molecular weight excluding hydrogens is 188 g/mol. The number of aliphatic hydroxyl groups is 1. The summed E-state index contributed by atoms with van der Waals surface area (Å²) in [7, 11) is 0. The zero-order chi connectivity index (χ0) is 11.3. The van der Waals surface area contributed by atoms with E-state index in [9.17, 15) is 5.11 Å². The number of aliphatic hydroxyl groups excluding tert-OH is 1. The molecule has 15 heavy (non-hydrogen) atoms. The van der Waals surface area contributed by atoms with Gasteiger partial charge in [0.15, 0.2) is 0 Å². The van der Waals surface area contributed by atoms with E-state index in [4.69, 9.17) is 4.74 Å². The highest BCUT2D eigenvalue weighted by atomic mass is 16.5. The molecule has 0 aliphatic carbocycles. The topological polar surface area (TPSA) is 29.5 Å². The van der Waals surface area contributed by atoms with E-state index in [-0.39, 0.29) is 6.10 Å². The first kappa shape index (κ1) is 12.1. The van der Waals surface area contributed by atoms with Crippen LogP contribution in [0.5, 0.6) is 5.75 Å². The Balaban J connectivity index is 2.54. The van der Waals surface area contributed by atoms with Crippen molar-refractivity contribution in [2.45, 2.75) is 39.7 Å². The molecule has 0 saturated carbocycles. The molecule has 1 rings (SSSR count). The third-order valence-corrected chi connectivity index (χ3v) is 2.61. The van der Waals surface area contributed by atoms with Crippen LogP contribution >= 0.6 is 0 Å². The Morgan fingerprint density at radius 2 is 2.07 bits per heavy atom. The van der Waals surface area contributed by atoms with Gasteiger partial charge in [-0.15, -0.1) is 0 Å². The summed E-state index contributed by atoms with van der Waals surface area (Å²) in [5, 5.41) is 9.55. The zero-order valence-electron chi connectivity index (χ0n) is 9.79. The van der Waals surface area contributed by atoms with Crippen molar-refractivity contribution in [1.29, 1.82) is 0 Å². The standard InChI is InChI=1S/C13H20O2/c1-4-6-12(14)9-15-13-8-5-7-10(2)11(13)3/h5,7-8,12,14H,4,6,9H2,1-3H3. The van der Waals surface area contributed by atoms with E-state index in [1.54, 1.807) is 0 Å². The fourth-order valence-corrected chi connectivity index (χ4v) is 1.48. The normalized spacial score (nSPS) is 12.5. The smallest absolute Gasteiger partial charge is 0.122 e. The Bertz CT molecular complexity index is 307. The molecule has 84 valence electrons. The molecule has 0 aliphatic heterocycles. The number of hydrogen-bond donors (Lipinski definition) is 1. The average Bonchev–Trinajstić information content (AvgIpc) is 2.21. The molecule has 1 aromatic rings. The van der Waals surface area contributed by atoms with Crippen molar-refractivity contribution < 1.29 is 9.84 Å². The van der Waals surface area contributed by atoms with Gasteiger partial charge in [-0.3, -0.25) is 0 Å². The maximum absolute atomic E-state index is 9.55. The maximum atomic E-state index is 9.55. The van der Waals surface area contributed by atoms with Gasteiger partial charge >= 0.3 is 0 Å². The van der Waals surface area contributed by atoms with E-state index in [1.807, 2.05) is 19.1 Å². The highest BCUT2D eigenvalue weighted by Gasteiger charge is 2.06. The minimum absolute atomic E-state index is 0.352. The van der Waals surface area contributed by atoms with Crippen LogP contribution in [0, 0.1) is 13.8 Å². The number of ether oxygens (including phenoxy) is 1. The molecule has 2 heteroatoms. The van der Waals surface area contributed by atoms with Crippen molar-refractivity contribution in [3.8, 4) is 5.75 Å². The van der Waals surface area contributed by atoms with E-state index >= 15 is 0 Å². The van der Waals surface area contributed by atoms with E-state index in [0.717, 1.165) is 24.2 Å². The number of hydrogen-bond acceptors (Lipinski definition) is 2. The molecular formula is C13H20O2. The Labute approximate surface area is 91.9 Å². The molecule has 0 heterocycles. The summed E-state index contributed by atoms with van der Waals surface area (Å²) in [5.74, 6) is 0.880. The van der Waals surface area contributed by atoms with Crippen molar-refractivity contribution in [3.05, 3.63) is 29.3 Å². The first-order valence-corrected chi connectivity index (χ1v) is 5.52. The van der Waals surface area contributed by atoms with Gasteiger partial charge in [-0.2, -0.15) is 0 Å².